The lowest BCUT2D eigenvalue weighted by molar-refractivity contribution is 0.999. The standard InChI is InChI=1S/C10H14S2/c1-3-8-6-5-7-10(12-11)9(8)4-2/h5-7,11H,3-4H2,1-2H3. The van der Waals surface area contributed by atoms with E-state index in [9.17, 15) is 0 Å². The van der Waals surface area contributed by atoms with Gasteiger partial charge in [-0.1, -0.05) is 36.8 Å². The quantitative estimate of drug-likeness (QED) is 0.570. The van der Waals surface area contributed by atoms with E-state index in [1.165, 1.54) is 16.0 Å². The van der Waals surface area contributed by atoms with Gasteiger partial charge >= 0.3 is 0 Å². The van der Waals surface area contributed by atoms with Crippen molar-refractivity contribution in [3.8, 4) is 0 Å². The van der Waals surface area contributed by atoms with E-state index in [-0.39, 0.29) is 0 Å². The van der Waals surface area contributed by atoms with Crippen LogP contribution in [-0.2, 0) is 12.8 Å². The Morgan fingerprint density at radius 3 is 2.50 bits per heavy atom. The maximum Gasteiger partial charge on any atom is 0.0215 e. The van der Waals surface area contributed by atoms with E-state index in [0.717, 1.165) is 12.8 Å². The highest BCUT2D eigenvalue weighted by Gasteiger charge is 2.03. The summed E-state index contributed by atoms with van der Waals surface area (Å²) in [7, 11) is 1.54. The van der Waals surface area contributed by atoms with Crippen molar-refractivity contribution in [1.82, 2.24) is 0 Å². The molecule has 1 aromatic carbocycles. The van der Waals surface area contributed by atoms with Crippen LogP contribution in [0, 0.1) is 0 Å². The third kappa shape index (κ3) is 1.99. The predicted molar refractivity (Wildman–Crippen MR) is 60.0 cm³/mol. The molecule has 0 nitrogen and oxygen atoms in total. The molecule has 1 rings (SSSR count). The fourth-order valence-corrected chi connectivity index (χ4v) is 2.47. The fraction of sp³-hybridized carbons (Fsp3) is 0.400. The van der Waals surface area contributed by atoms with Crippen molar-refractivity contribution >= 4 is 22.5 Å². The van der Waals surface area contributed by atoms with E-state index in [1.54, 1.807) is 10.8 Å². The average Bonchev–Trinajstić information content (AvgIpc) is 2.16. The topological polar surface area (TPSA) is 0 Å². The highest BCUT2D eigenvalue weighted by Crippen LogP contribution is 2.28. The van der Waals surface area contributed by atoms with Crippen molar-refractivity contribution in [3.05, 3.63) is 29.3 Å². The highest BCUT2D eigenvalue weighted by atomic mass is 33.1. The summed E-state index contributed by atoms with van der Waals surface area (Å²) in [4.78, 5) is 1.31. The van der Waals surface area contributed by atoms with Crippen LogP contribution in [0.25, 0.3) is 0 Å². The minimum absolute atomic E-state index is 1.10. The minimum atomic E-state index is 1.10. The zero-order valence-corrected chi connectivity index (χ0v) is 9.21. The van der Waals surface area contributed by atoms with Crippen LogP contribution >= 0.6 is 22.5 Å². The predicted octanol–water partition coefficient (Wildman–Crippen LogP) is 3.75. The van der Waals surface area contributed by atoms with Crippen LogP contribution in [0.3, 0.4) is 0 Å². The van der Waals surface area contributed by atoms with Gasteiger partial charge in [0.25, 0.3) is 0 Å². The Balaban J connectivity index is 3.13. The summed E-state index contributed by atoms with van der Waals surface area (Å²) in [6, 6.07) is 6.44. The monoisotopic (exact) mass is 198 g/mol. The zero-order valence-electron chi connectivity index (χ0n) is 7.50. The van der Waals surface area contributed by atoms with Gasteiger partial charge in [0.1, 0.15) is 0 Å². The van der Waals surface area contributed by atoms with Crippen LogP contribution < -0.4 is 0 Å². The minimum Gasteiger partial charge on any atom is -0.106 e. The number of hydrogen-bond donors (Lipinski definition) is 1. The molecule has 0 bridgehead atoms. The van der Waals surface area contributed by atoms with Gasteiger partial charge in [0.2, 0.25) is 0 Å². The van der Waals surface area contributed by atoms with Crippen LogP contribution in [-0.4, -0.2) is 0 Å². The van der Waals surface area contributed by atoms with Crippen LogP contribution in [0.1, 0.15) is 25.0 Å². The summed E-state index contributed by atoms with van der Waals surface area (Å²) in [6.07, 6.45) is 2.22. The van der Waals surface area contributed by atoms with Crippen molar-refractivity contribution in [3.63, 3.8) is 0 Å². The van der Waals surface area contributed by atoms with Gasteiger partial charge in [-0.05, 0) is 30.0 Å². The lowest BCUT2D eigenvalue weighted by Gasteiger charge is -2.09. The number of aryl methyl sites for hydroxylation is 1. The molecule has 1 aromatic rings. The van der Waals surface area contributed by atoms with E-state index in [1.807, 2.05) is 0 Å². The summed E-state index contributed by atoms with van der Waals surface area (Å²) >= 11 is 4.24. The van der Waals surface area contributed by atoms with Gasteiger partial charge in [-0.15, -0.1) is 11.7 Å². The van der Waals surface area contributed by atoms with Crippen molar-refractivity contribution in [2.24, 2.45) is 0 Å². The molecule has 0 aromatic heterocycles. The Kier molecular flexibility index (Phi) is 4.02. The Labute approximate surface area is 83.6 Å². The SMILES string of the molecule is CCc1cccc(SS)c1CC. The van der Waals surface area contributed by atoms with Gasteiger partial charge in [-0.3, -0.25) is 0 Å². The maximum absolute atomic E-state index is 4.24. The van der Waals surface area contributed by atoms with Crippen LogP contribution in [0.5, 0.6) is 0 Å². The molecule has 0 unspecified atom stereocenters. The summed E-state index contributed by atoms with van der Waals surface area (Å²) in [6.45, 7) is 4.39. The molecule has 0 atom stereocenters. The maximum atomic E-state index is 4.24. The summed E-state index contributed by atoms with van der Waals surface area (Å²) in [5, 5.41) is 0. The third-order valence-corrected chi connectivity index (χ3v) is 3.23. The molecule has 0 heterocycles. The molecule has 0 radical (unpaired) electrons. The van der Waals surface area contributed by atoms with Gasteiger partial charge in [0, 0.05) is 4.90 Å². The van der Waals surface area contributed by atoms with Crippen molar-refractivity contribution < 1.29 is 0 Å². The molecular formula is C10H14S2. The van der Waals surface area contributed by atoms with Gasteiger partial charge < -0.3 is 0 Å². The number of benzene rings is 1. The molecule has 0 aliphatic rings. The smallest absolute Gasteiger partial charge is 0.0215 e. The van der Waals surface area contributed by atoms with Gasteiger partial charge in [0.05, 0.1) is 0 Å². The van der Waals surface area contributed by atoms with Crippen molar-refractivity contribution in [2.45, 2.75) is 31.6 Å². The lowest BCUT2D eigenvalue weighted by atomic mass is 10.0. The molecule has 0 spiro atoms. The zero-order chi connectivity index (χ0) is 8.97. The second-order valence-electron chi connectivity index (χ2n) is 2.69. The number of hydrogen-bond acceptors (Lipinski definition) is 2. The second-order valence-corrected chi connectivity index (χ2v) is 3.86. The Hall–Kier alpha value is -0.0800. The van der Waals surface area contributed by atoms with Gasteiger partial charge in [-0.2, -0.15) is 0 Å². The van der Waals surface area contributed by atoms with Crippen LogP contribution in [0.2, 0.25) is 0 Å². The Morgan fingerprint density at radius 1 is 1.25 bits per heavy atom. The molecule has 0 fully saturated rings. The molecular weight excluding hydrogens is 184 g/mol. The average molecular weight is 198 g/mol. The molecule has 2 heteroatoms. The number of rotatable bonds is 3. The first kappa shape index (κ1) is 10.0. The van der Waals surface area contributed by atoms with Crippen LogP contribution in [0.15, 0.2) is 23.1 Å². The molecule has 0 saturated carbocycles. The first-order chi connectivity index (χ1) is 5.83. The molecule has 12 heavy (non-hydrogen) atoms. The first-order valence-corrected chi connectivity index (χ1v) is 6.12. The van der Waals surface area contributed by atoms with E-state index < -0.39 is 0 Å². The van der Waals surface area contributed by atoms with Crippen molar-refractivity contribution in [1.29, 1.82) is 0 Å². The molecule has 0 aliphatic heterocycles. The third-order valence-electron chi connectivity index (χ3n) is 2.06. The molecule has 0 saturated heterocycles. The number of thiol groups is 1. The Morgan fingerprint density at radius 2 is 2.00 bits per heavy atom. The molecule has 0 N–H and O–H groups in total. The highest BCUT2D eigenvalue weighted by molar-refractivity contribution is 8.68. The molecule has 66 valence electrons. The van der Waals surface area contributed by atoms with Gasteiger partial charge in [-0.25, -0.2) is 0 Å². The molecule has 0 aliphatic carbocycles. The second kappa shape index (κ2) is 4.83. The fourth-order valence-electron chi connectivity index (χ4n) is 1.43. The van der Waals surface area contributed by atoms with E-state index in [0.29, 0.717) is 0 Å². The van der Waals surface area contributed by atoms with Gasteiger partial charge in [0.15, 0.2) is 0 Å². The summed E-state index contributed by atoms with van der Waals surface area (Å²) < 4.78 is 0. The normalized spacial score (nSPS) is 10.2. The van der Waals surface area contributed by atoms with E-state index in [2.05, 4.69) is 43.7 Å². The summed E-state index contributed by atoms with van der Waals surface area (Å²) in [5.74, 6) is 0. The lowest BCUT2D eigenvalue weighted by Crippen LogP contribution is -1.92. The molecule has 0 amide bonds. The van der Waals surface area contributed by atoms with Crippen molar-refractivity contribution in [2.75, 3.05) is 0 Å². The first-order valence-electron chi connectivity index (χ1n) is 4.25. The van der Waals surface area contributed by atoms with E-state index in [4.69, 9.17) is 0 Å². The summed E-state index contributed by atoms with van der Waals surface area (Å²) in [5.41, 5.74) is 2.91. The Bertz CT molecular complexity index is 234. The van der Waals surface area contributed by atoms with E-state index >= 15 is 0 Å². The van der Waals surface area contributed by atoms with Crippen LogP contribution in [0.4, 0.5) is 0 Å². The largest absolute Gasteiger partial charge is 0.106 e.